The van der Waals surface area contributed by atoms with Crippen LogP contribution in [0, 0.1) is 5.92 Å². The van der Waals surface area contributed by atoms with Gasteiger partial charge >= 0.3 is 5.97 Å². The van der Waals surface area contributed by atoms with Crippen LogP contribution >= 0.6 is 12.4 Å². The highest BCUT2D eigenvalue weighted by Crippen LogP contribution is 2.27. The van der Waals surface area contributed by atoms with E-state index in [9.17, 15) is 4.79 Å². The quantitative estimate of drug-likeness (QED) is 0.679. The molecule has 10 heavy (non-hydrogen) atoms. The van der Waals surface area contributed by atoms with Crippen LogP contribution in [-0.2, 0) is 4.79 Å². The molecule has 0 aromatic heterocycles. The van der Waals surface area contributed by atoms with Gasteiger partial charge < -0.3 is 5.11 Å². The Bertz CT molecular complexity index is 108. The predicted molar refractivity (Wildman–Crippen MR) is 41.5 cm³/mol. The van der Waals surface area contributed by atoms with Crippen LogP contribution < -0.4 is 0 Å². The molecule has 0 saturated heterocycles. The third kappa shape index (κ3) is 3.06. The average Bonchev–Trinajstić information content (AvgIpc) is 2.15. The molecule has 2 nitrogen and oxygen atoms in total. The van der Waals surface area contributed by atoms with Gasteiger partial charge in [-0.05, 0) is 18.8 Å². The molecular formula is C7H13ClO2. The van der Waals surface area contributed by atoms with Crippen LogP contribution in [0.1, 0.15) is 32.1 Å². The standard InChI is InChI=1S/C7H12O2.ClH/c8-7(9)5-6-3-1-2-4-6;/h6H,1-5H2,(H,8,9);1H. The van der Waals surface area contributed by atoms with Gasteiger partial charge in [-0.2, -0.15) is 0 Å². The van der Waals surface area contributed by atoms with Gasteiger partial charge in [-0.15, -0.1) is 12.4 Å². The molecule has 0 radical (unpaired) electrons. The van der Waals surface area contributed by atoms with Gasteiger partial charge in [-0.3, -0.25) is 4.79 Å². The highest BCUT2D eigenvalue weighted by atomic mass is 35.5. The Balaban J connectivity index is 0.000000810. The molecule has 1 N–H and O–H groups in total. The van der Waals surface area contributed by atoms with Crippen LogP contribution in [-0.4, -0.2) is 11.1 Å². The van der Waals surface area contributed by atoms with Crippen molar-refractivity contribution < 1.29 is 9.90 Å². The summed E-state index contributed by atoms with van der Waals surface area (Å²) in [5.74, 6) is -0.149. The van der Waals surface area contributed by atoms with Crippen molar-refractivity contribution in [3.63, 3.8) is 0 Å². The van der Waals surface area contributed by atoms with Crippen LogP contribution in [0.4, 0.5) is 0 Å². The molecule has 0 spiro atoms. The van der Waals surface area contributed by atoms with E-state index in [1.807, 2.05) is 0 Å². The minimum absolute atomic E-state index is 0. The van der Waals surface area contributed by atoms with Gasteiger partial charge in [0.2, 0.25) is 0 Å². The summed E-state index contributed by atoms with van der Waals surface area (Å²) < 4.78 is 0. The molecule has 0 aromatic rings. The molecule has 0 unspecified atom stereocenters. The molecule has 1 aliphatic carbocycles. The summed E-state index contributed by atoms with van der Waals surface area (Å²) in [5.41, 5.74) is 0. The predicted octanol–water partition coefficient (Wildman–Crippen LogP) is 2.07. The normalized spacial score (nSPS) is 18.4. The van der Waals surface area contributed by atoms with Gasteiger partial charge in [-0.25, -0.2) is 0 Å². The second kappa shape index (κ2) is 4.56. The Kier molecular flexibility index (Phi) is 4.45. The van der Waals surface area contributed by atoms with Gasteiger partial charge in [0.25, 0.3) is 0 Å². The summed E-state index contributed by atoms with van der Waals surface area (Å²) >= 11 is 0. The summed E-state index contributed by atoms with van der Waals surface area (Å²) in [6.07, 6.45) is 5.12. The zero-order chi connectivity index (χ0) is 6.69. The minimum atomic E-state index is -0.637. The Morgan fingerprint density at radius 1 is 1.40 bits per heavy atom. The summed E-state index contributed by atoms with van der Waals surface area (Å²) in [4.78, 5) is 10.2. The molecule has 60 valence electrons. The van der Waals surface area contributed by atoms with E-state index in [2.05, 4.69) is 0 Å². The maximum atomic E-state index is 10.2. The summed E-state index contributed by atoms with van der Waals surface area (Å²) in [6.45, 7) is 0. The number of rotatable bonds is 2. The molecule has 0 bridgehead atoms. The lowest BCUT2D eigenvalue weighted by molar-refractivity contribution is -0.138. The fourth-order valence-corrected chi connectivity index (χ4v) is 1.46. The molecule has 3 heteroatoms. The van der Waals surface area contributed by atoms with Crippen molar-refractivity contribution in [2.45, 2.75) is 32.1 Å². The Morgan fingerprint density at radius 2 is 1.90 bits per heavy atom. The minimum Gasteiger partial charge on any atom is -0.481 e. The van der Waals surface area contributed by atoms with E-state index in [1.165, 1.54) is 12.8 Å². The average molecular weight is 165 g/mol. The lowest BCUT2D eigenvalue weighted by Crippen LogP contribution is -2.02. The van der Waals surface area contributed by atoms with E-state index in [0.29, 0.717) is 12.3 Å². The molecule has 1 rings (SSSR count). The largest absolute Gasteiger partial charge is 0.481 e. The first-order valence-electron chi connectivity index (χ1n) is 3.51. The maximum Gasteiger partial charge on any atom is 0.303 e. The first-order valence-corrected chi connectivity index (χ1v) is 3.51. The summed E-state index contributed by atoms with van der Waals surface area (Å²) in [7, 11) is 0. The maximum absolute atomic E-state index is 10.2. The second-order valence-corrected chi connectivity index (χ2v) is 2.75. The zero-order valence-electron chi connectivity index (χ0n) is 5.88. The molecule has 1 aliphatic rings. The Labute approximate surface area is 67.0 Å². The van der Waals surface area contributed by atoms with Crippen molar-refractivity contribution in [2.75, 3.05) is 0 Å². The number of halogens is 1. The first kappa shape index (κ1) is 9.76. The number of hydrogen-bond donors (Lipinski definition) is 1. The smallest absolute Gasteiger partial charge is 0.303 e. The van der Waals surface area contributed by atoms with Crippen molar-refractivity contribution in [1.82, 2.24) is 0 Å². The summed E-state index contributed by atoms with van der Waals surface area (Å²) in [6, 6.07) is 0. The zero-order valence-corrected chi connectivity index (χ0v) is 6.69. The Hall–Kier alpha value is -0.240. The summed E-state index contributed by atoms with van der Waals surface area (Å²) in [5, 5.41) is 8.37. The Morgan fingerprint density at radius 3 is 2.30 bits per heavy atom. The van der Waals surface area contributed by atoms with Gasteiger partial charge in [0.15, 0.2) is 0 Å². The molecule has 0 atom stereocenters. The van der Waals surface area contributed by atoms with E-state index in [4.69, 9.17) is 5.11 Å². The highest BCUT2D eigenvalue weighted by molar-refractivity contribution is 5.85. The lowest BCUT2D eigenvalue weighted by atomic mass is 10.1. The lowest BCUT2D eigenvalue weighted by Gasteiger charge is -2.01. The van der Waals surface area contributed by atoms with Gasteiger partial charge in [-0.1, -0.05) is 12.8 Å². The van der Waals surface area contributed by atoms with Crippen molar-refractivity contribution in [1.29, 1.82) is 0 Å². The van der Waals surface area contributed by atoms with Crippen molar-refractivity contribution >= 4 is 18.4 Å². The first-order chi connectivity index (χ1) is 4.29. The molecule has 0 aliphatic heterocycles. The number of aliphatic carboxylic acids is 1. The van der Waals surface area contributed by atoms with Crippen LogP contribution in [0.5, 0.6) is 0 Å². The molecule has 0 amide bonds. The fraction of sp³-hybridized carbons (Fsp3) is 0.857. The van der Waals surface area contributed by atoms with Crippen LogP contribution in [0.25, 0.3) is 0 Å². The molecule has 0 aromatic carbocycles. The monoisotopic (exact) mass is 164 g/mol. The van der Waals surface area contributed by atoms with Gasteiger partial charge in [0.05, 0.1) is 0 Å². The van der Waals surface area contributed by atoms with E-state index in [1.54, 1.807) is 0 Å². The third-order valence-corrected chi connectivity index (χ3v) is 1.94. The molecular weight excluding hydrogens is 152 g/mol. The number of carboxylic acid groups (broad SMARTS) is 1. The van der Waals surface area contributed by atoms with Crippen LogP contribution in [0.3, 0.4) is 0 Å². The molecule has 0 heterocycles. The number of carboxylic acids is 1. The van der Waals surface area contributed by atoms with Crippen LogP contribution in [0.15, 0.2) is 0 Å². The highest BCUT2D eigenvalue weighted by Gasteiger charge is 2.17. The van der Waals surface area contributed by atoms with E-state index in [-0.39, 0.29) is 12.4 Å². The van der Waals surface area contributed by atoms with E-state index >= 15 is 0 Å². The van der Waals surface area contributed by atoms with Crippen molar-refractivity contribution in [3.05, 3.63) is 0 Å². The third-order valence-electron chi connectivity index (χ3n) is 1.94. The number of carbonyl (C=O) groups is 1. The molecule has 1 fully saturated rings. The SMILES string of the molecule is Cl.O=C(O)CC1CCCC1. The van der Waals surface area contributed by atoms with Crippen molar-refractivity contribution in [3.8, 4) is 0 Å². The van der Waals surface area contributed by atoms with E-state index in [0.717, 1.165) is 12.8 Å². The topological polar surface area (TPSA) is 37.3 Å². The molecule has 1 saturated carbocycles. The van der Waals surface area contributed by atoms with Crippen molar-refractivity contribution in [2.24, 2.45) is 5.92 Å². The number of hydrogen-bond acceptors (Lipinski definition) is 1. The van der Waals surface area contributed by atoms with Crippen LogP contribution in [0.2, 0.25) is 0 Å². The van der Waals surface area contributed by atoms with Gasteiger partial charge in [0.1, 0.15) is 0 Å². The fourth-order valence-electron chi connectivity index (χ4n) is 1.46. The van der Waals surface area contributed by atoms with E-state index < -0.39 is 5.97 Å². The van der Waals surface area contributed by atoms with Gasteiger partial charge in [0, 0.05) is 6.42 Å². The second-order valence-electron chi connectivity index (χ2n) is 2.75.